The molecule has 0 bridgehead atoms. The smallest absolute Gasteiger partial charge is 0.261 e. The Balaban J connectivity index is 1.63. The third kappa shape index (κ3) is 4.60. The van der Waals surface area contributed by atoms with Crippen molar-refractivity contribution in [1.29, 1.82) is 0 Å². The Morgan fingerprint density at radius 3 is 2.04 bits per heavy atom. The van der Waals surface area contributed by atoms with Gasteiger partial charge in [0.15, 0.2) is 6.61 Å². The maximum absolute atomic E-state index is 12.6. The van der Waals surface area contributed by atoms with Crippen molar-refractivity contribution in [3.8, 4) is 5.75 Å². The summed E-state index contributed by atoms with van der Waals surface area (Å²) in [6.45, 7) is 0.516. The molecule has 2 aromatic heterocycles. The topological polar surface area (TPSA) is 72.9 Å². The SMILES string of the molecule is O=Cc1ccc(OCC(=O)N(Cc2ccco2)Cc2ccco2)cc1. The summed E-state index contributed by atoms with van der Waals surface area (Å²) in [5.74, 6) is 1.67. The molecule has 0 saturated heterocycles. The average Bonchev–Trinajstić information content (AvgIpc) is 3.33. The predicted molar refractivity (Wildman–Crippen MR) is 89.0 cm³/mol. The number of nitrogens with zero attached hydrogens (tertiary/aromatic N) is 1. The summed E-state index contributed by atoms with van der Waals surface area (Å²) in [5, 5.41) is 0. The summed E-state index contributed by atoms with van der Waals surface area (Å²) >= 11 is 0. The van der Waals surface area contributed by atoms with Crippen molar-refractivity contribution < 1.29 is 23.2 Å². The summed E-state index contributed by atoms with van der Waals surface area (Å²) in [7, 11) is 0. The molecule has 6 heteroatoms. The minimum absolute atomic E-state index is 0.123. The Hall–Kier alpha value is -3.28. The van der Waals surface area contributed by atoms with E-state index in [1.807, 2.05) is 0 Å². The molecule has 0 N–H and O–H groups in total. The van der Waals surface area contributed by atoms with Gasteiger partial charge in [0.1, 0.15) is 23.6 Å². The number of amides is 1. The van der Waals surface area contributed by atoms with Gasteiger partial charge in [-0.3, -0.25) is 9.59 Å². The van der Waals surface area contributed by atoms with E-state index in [-0.39, 0.29) is 12.5 Å². The Kier molecular flexibility index (Phi) is 5.31. The molecule has 3 aromatic rings. The Bertz CT molecular complexity index is 755. The van der Waals surface area contributed by atoms with Crippen LogP contribution < -0.4 is 4.74 Å². The maximum atomic E-state index is 12.6. The summed E-state index contributed by atoms with van der Waals surface area (Å²) < 4.78 is 16.2. The standard InChI is InChI=1S/C19H17NO5/c21-13-15-5-7-16(8-6-15)25-14-19(22)20(11-17-3-1-9-23-17)12-18-4-2-10-24-18/h1-10,13H,11-12,14H2. The third-order valence-corrected chi connectivity index (χ3v) is 3.58. The molecule has 2 heterocycles. The summed E-state index contributed by atoms with van der Waals surface area (Å²) in [4.78, 5) is 24.8. The van der Waals surface area contributed by atoms with Gasteiger partial charge in [0, 0.05) is 5.56 Å². The van der Waals surface area contributed by atoms with Crippen molar-refractivity contribution >= 4 is 12.2 Å². The minimum atomic E-state index is -0.202. The highest BCUT2D eigenvalue weighted by Crippen LogP contribution is 2.14. The quantitative estimate of drug-likeness (QED) is 0.589. The van der Waals surface area contributed by atoms with Gasteiger partial charge < -0.3 is 18.5 Å². The van der Waals surface area contributed by atoms with E-state index in [2.05, 4.69) is 0 Å². The van der Waals surface area contributed by atoms with Crippen LogP contribution in [-0.2, 0) is 17.9 Å². The molecule has 25 heavy (non-hydrogen) atoms. The molecule has 3 rings (SSSR count). The molecule has 1 amide bonds. The van der Waals surface area contributed by atoms with Crippen LogP contribution in [0.4, 0.5) is 0 Å². The zero-order valence-corrected chi connectivity index (χ0v) is 13.5. The lowest BCUT2D eigenvalue weighted by molar-refractivity contribution is -0.135. The Morgan fingerprint density at radius 2 is 1.56 bits per heavy atom. The fourth-order valence-corrected chi connectivity index (χ4v) is 2.29. The second-order valence-corrected chi connectivity index (χ2v) is 5.38. The second kappa shape index (κ2) is 8.01. The van der Waals surface area contributed by atoms with Gasteiger partial charge in [-0.2, -0.15) is 0 Å². The highest BCUT2D eigenvalue weighted by atomic mass is 16.5. The van der Waals surface area contributed by atoms with Crippen molar-refractivity contribution in [3.63, 3.8) is 0 Å². The first-order valence-electron chi connectivity index (χ1n) is 7.75. The predicted octanol–water partition coefficient (Wildman–Crippen LogP) is 3.29. The van der Waals surface area contributed by atoms with E-state index in [1.165, 1.54) is 0 Å². The number of aldehydes is 1. The average molecular weight is 339 g/mol. The molecule has 0 fully saturated rings. The van der Waals surface area contributed by atoms with E-state index < -0.39 is 0 Å². The van der Waals surface area contributed by atoms with Crippen LogP contribution in [0.3, 0.4) is 0 Å². The molecular formula is C19H17NO5. The summed E-state index contributed by atoms with van der Waals surface area (Å²) in [5.41, 5.74) is 0.552. The minimum Gasteiger partial charge on any atom is -0.484 e. The van der Waals surface area contributed by atoms with Crippen molar-refractivity contribution in [1.82, 2.24) is 4.90 Å². The molecule has 0 aliphatic heterocycles. The molecule has 1 aromatic carbocycles. The lowest BCUT2D eigenvalue weighted by atomic mass is 10.2. The van der Waals surface area contributed by atoms with Gasteiger partial charge in [-0.25, -0.2) is 0 Å². The van der Waals surface area contributed by atoms with Crippen LogP contribution in [0.5, 0.6) is 5.75 Å². The maximum Gasteiger partial charge on any atom is 0.261 e. The van der Waals surface area contributed by atoms with E-state index in [9.17, 15) is 9.59 Å². The van der Waals surface area contributed by atoms with E-state index in [0.717, 1.165) is 6.29 Å². The lowest BCUT2D eigenvalue weighted by Crippen LogP contribution is -2.33. The monoisotopic (exact) mass is 339 g/mol. The molecule has 0 radical (unpaired) electrons. The number of hydrogen-bond acceptors (Lipinski definition) is 5. The molecule has 0 aliphatic carbocycles. The first-order valence-corrected chi connectivity index (χ1v) is 7.75. The van der Waals surface area contributed by atoms with Crippen LogP contribution in [0, 0.1) is 0 Å². The fourth-order valence-electron chi connectivity index (χ4n) is 2.29. The third-order valence-electron chi connectivity index (χ3n) is 3.58. The van der Waals surface area contributed by atoms with Crippen LogP contribution in [0.15, 0.2) is 69.9 Å². The van der Waals surface area contributed by atoms with Gasteiger partial charge >= 0.3 is 0 Å². The fraction of sp³-hybridized carbons (Fsp3) is 0.158. The molecular weight excluding hydrogens is 322 g/mol. The van der Waals surface area contributed by atoms with Crippen molar-refractivity contribution in [2.24, 2.45) is 0 Å². The number of ether oxygens (including phenoxy) is 1. The molecule has 0 atom stereocenters. The van der Waals surface area contributed by atoms with Crippen LogP contribution in [0.2, 0.25) is 0 Å². The van der Waals surface area contributed by atoms with Crippen molar-refractivity contribution in [2.75, 3.05) is 6.61 Å². The van der Waals surface area contributed by atoms with Gasteiger partial charge in [-0.1, -0.05) is 0 Å². The Morgan fingerprint density at radius 1 is 0.960 bits per heavy atom. The number of carbonyl (C=O) groups excluding carboxylic acids is 2. The first kappa shape index (κ1) is 16.6. The summed E-state index contributed by atoms with van der Waals surface area (Å²) in [6.07, 6.45) is 3.88. The van der Waals surface area contributed by atoms with Gasteiger partial charge in [0.05, 0.1) is 25.6 Å². The number of carbonyl (C=O) groups is 2. The highest BCUT2D eigenvalue weighted by Gasteiger charge is 2.18. The second-order valence-electron chi connectivity index (χ2n) is 5.38. The molecule has 6 nitrogen and oxygen atoms in total. The van der Waals surface area contributed by atoms with Crippen LogP contribution in [0.1, 0.15) is 21.9 Å². The van der Waals surface area contributed by atoms with Crippen LogP contribution in [-0.4, -0.2) is 23.7 Å². The van der Waals surface area contributed by atoms with Gasteiger partial charge in [-0.05, 0) is 48.5 Å². The van der Waals surface area contributed by atoms with E-state index in [0.29, 0.717) is 35.9 Å². The van der Waals surface area contributed by atoms with Crippen molar-refractivity contribution in [3.05, 3.63) is 78.1 Å². The molecule has 0 unspecified atom stereocenters. The number of furan rings is 2. The number of benzene rings is 1. The molecule has 128 valence electrons. The van der Waals surface area contributed by atoms with E-state index >= 15 is 0 Å². The largest absolute Gasteiger partial charge is 0.484 e. The highest BCUT2D eigenvalue weighted by molar-refractivity contribution is 5.78. The first-order chi connectivity index (χ1) is 12.2. The molecule has 0 aliphatic rings. The lowest BCUT2D eigenvalue weighted by Gasteiger charge is -2.20. The van der Waals surface area contributed by atoms with E-state index in [4.69, 9.17) is 13.6 Å². The van der Waals surface area contributed by atoms with Gasteiger partial charge in [-0.15, -0.1) is 0 Å². The number of hydrogen-bond donors (Lipinski definition) is 0. The Labute approximate surface area is 144 Å². The molecule has 0 saturated carbocycles. The van der Waals surface area contributed by atoms with Gasteiger partial charge in [0.2, 0.25) is 0 Å². The van der Waals surface area contributed by atoms with Crippen LogP contribution in [0.25, 0.3) is 0 Å². The number of rotatable bonds is 8. The van der Waals surface area contributed by atoms with Crippen molar-refractivity contribution in [2.45, 2.75) is 13.1 Å². The van der Waals surface area contributed by atoms with Crippen LogP contribution >= 0.6 is 0 Å². The molecule has 0 spiro atoms. The van der Waals surface area contributed by atoms with E-state index in [1.54, 1.807) is 66.0 Å². The van der Waals surface area contributed by atoms with Gasteiger partial charge in [0.25, 0.3) is 5.91 Å². The summed E-state index contributed by atoms with van der Waals surface area (Å²) in [6, 6.07) is 13.7. The zero-order chi connectivity index (χ0) is 17.5. The zero-order valence-electron chi connectivity index (χ0n) is 13.5. The normalized spacial score (nSPS) is 10.4.